The molecule has 0 N–H and O–H groups in total. The van der Waals surface area contributed by atoms with Crippen molar-refractivity contribution in [2.45, 2.75) is 64.4 Å². The Morgan fingerprint density at radius 3 is 2.23 bits per heavy atom. The molecule has 0 atom stereocenters. The van der Waals surface area contributed by atoms with Gasteiger partial charge in [-0.05, 0) is 51.7 Å². The van der Waals surface area contributed by atoms with Crippen LogP contribution in [0.2, 0.25) is 0 Å². The Labute approximate surface area is 183 Å². The fourth-order valence-corrected chi connectivity index (χ4v) is 4.20. The molecule has 1 aromatic heterocycles. The van der Waals surface area contributed by atoms with E-state index in [0.717, 1.165) is 31.2 Å². The van der Waals surface area contributed by atoms with Gasteiger partial charge in [-0.25, -0.2) is 4.79 Å². The second-order valence-electron chi connectivity index (χ2n) is 9.17. The van der Waals surface area contributed by atoms with Crippen LogP contribution >= 0.6 is 0 Å². The number of ether oxygens (including phenoxy) is 2. The zero-order chi connectivity index (χ0) is 22.8. The smallest absolute Gasteiger partial charge is 0.343 e. The number of pyridine rings is 1. The second-order valence-corrected chi connectivity index (χ2v) is 9.17. The van der Waals surface area contributed by atoms with Crippen LogP contribution in [0.15, 0.2) is 41.5 Å². The van der Waals surface area contributed by atoms with Crippen LogP contribution in [-0.4, -0.2) is 28.7 Å². The number of hydrogen-bond donors (Lipinski definition) is 0. The first-order chi connectivity index (χ1) is 14.6. The number of hydrogen-bond acceptors (Lipinski definition) is 5. The van der Waals surface area contributed by atoms with Crippen molar-refractivity contribution in [3.8, 4) is 11.1 Å². The standard InChI is InChI=1S/C25H31NO5/c1-6-30-22(28)20-16-26(5)15-19(21(20)27)17-9-11-18(12-10-17)25(13-7-8-14-25)23(29)31-24(2,3)4/h9-12,15-16H,6-8,13-14H2,1-5H3. The molecule has 6 heteroatoms. The molecule has 2 aromatic rings. The van der Waals surface area contributed by atoms with Crippen molar-refractivity contribution in [1.29, 1.82) is 0 Å². The van der Waals surface area contributed by atoms with Gasteiger partial charge < -0.3 is 14.0 Å². The number of rotatable bonds is 5. The maximum Gasteiger partial charge on any atom is 0.343 e. The average Bonchev–Trinajstić information content (AvgIpc) is 3.20. The number of aromatic nitrogens is 1. The van der Waals surface area contributed by atoms with Crippen molar-refractivity contribution in [2.75, 3.05) is 6.61 Å². The van der Waals surface area contributed by atoms with Crippen LogP contribution in [0.3, 0.4) is 0 Å². The lowest BCUT2D eigenvalue weighted by Gasteiger charge is -2.31. The minimum absolute atomic E-state index is 0.00643. The maximum absolute atomic E-state index is 13.1. The molecule has 31 heavy (non-hydrogen) atoms. The van der Waals surface area contributed by atoms with E-state index in [2.05, 4.69) is 0 Å². The number of carbonyl (C=O) groups excluding carboxylic acids is 2. The summed E-state index contributed by atoms with van der Waals surface area (Å²) in [5.41, 5.74) is 0.445. The Balaban J connectivity index is 1.99. The third-order valence-corrected chi connectivity index (χ3v) is 5.65. The van der Waals surface area contributed by atoms with Crippen molar-refractivity contribution in [1.82, 2.24) is 4.57 Å². The van der Waals surface area contributed by atoms with Crippen LogP contribution in [0, 0.1) is 0 Å². The predicted octanol–water partition coefficient (Wildman–Crippen LogP) is 4.38. The molecule has 3 rings (SSSR count). The molecule has 1 aliphatic carbocycles. The third kappa shape index (κ3) is 4.73. The van der Waals surface area contributed by atoms with E-state index < -0.39 is 17.0 Å². The Kier molecular flexibility index (Phi) is 6.39. The summed E-state index contributed by atoms with van der Waals surface area (Å²) in [6, 6.07) is 7.49. The summed E-state index contributed by atoms with van der Waals surface area (Å²) in [7, 11) is 1.76. The average molecular weight is 426 g/mol. The highest BCUT2D eigenvalue weighted by Crippen LogP contribution is 2.43. The van der Waals surface area contributed by atoms with Gasteiger partial charge in [0.25, 0.3) is 0 Å². The van der Waals surface area contributed by atoms with E-state index in [1.807, 2.05) is 45.0 Å². The molecule has 0 radical (unpaired) electrons. The van der Waals surface area contributed by atoms with Gasteiger partial charge in [0.1, 0.15) is 11.2 Å². The fourth-order valence-electron chi connectivity index (χ4n) is 4.20. The van der Waals surface area contributed by atoms with Crippen LogP contribution in [0.4, 0.5) is 0 Å². The summed E-state index contributed by atoms with van der Waals surface area (Å²) in [6.07, 6.45) is 6.63. The Morgan fingerprint density at radius 2 is 1.68 bits per heavy atom. The van der Waals surface area contributed by atoms with Crippen molar-refractivity contribution < 1.29 is 19.1 Å². The number of aryl methyl sites for hydroxylation is 1. The quantitative estimate of drug-likeness (QED) is 0.665. The molecule has 0 aliphatic heterocycles. The second kappa shape index (κ2) is 8.69. The SMILES string of the molecule is CCOC(=O)c1cn(C)cc(-c2ccc(C3(C(=O)OC(C)(C)C)CCCC3)cc2)c1=O. The van der Waals surface area contributed by atoms with Crippen LogP contribution in [0.1, 0.15) is 69.3 Å². The summed E-state index contributed by atoms with van der Waals surface area (Å²) >= 11 is 0. The van der Waals surface area contributed by atoms with E-state index in [1.165, 1.54) is 6.20 Å². The van der Waals surface area contributed by atoms with E-state index in [1.54, 1.807) is 24.7 Å². The summed E-state index contributed by atoms with van der Waals surface area (Å²) < 4.78 is 12.4. The van der Waals surface area contributed by atoms with Crippen LogP contribution in [0.5, 0.6) is 0 Å². The number of nitrogens with zero attached hydrogens (tertiary/aromatic N) is 1. The number of carbonyl (C=O) groups is 2. The molecule has 0 unspecified atom stereocenters. The van der Waals surface area contributed by atoms with Gasteiger partial charge in [0.05, 0.1) is 12.0 Å². The van der Waals surface area contributed by atoms with Gasteiger partial charge in [0, 0.05) is 25.0 Å². The molecule has 0 saturated heterocycles. The van der Waals surface area contributed by atoms with Crippen molar-refractivity contribution in [3.05, 3.63) is 58.0 Å². The monoisotopic (exact) mass is 425 g/mol. The van der Waals surface area contributed by atoms with E-state index in [4.69, 9.17) is 9.47 Å². The van der Waals surface area contributed by atoms with Crippen molar-refractivity contribution >= 4 is 11.9 Å². The van der Waals surface area contributed by atoms with Crippen LogP contribution in [-0.2, 0) is 26.7 Å². The highest BCUT2D eigenvalue weighted by molar-refractivity contribution is 5.90. The molecule has 1 saturated carbocycles. The minimum atomic E-state index is -0.649. The molecular formula is C25H31NO5. The van der Waals surface area contributed by atoms with Gasteiger partial charge >= 0.3 is 11.9 Å². The third-order valence-electron chi connectivity index (χ3n) is 5.65. The van der Waals surface area contributed by atoms with Crippen LogP contribution < -0.4 is 5.43 Å². The summed E-state index contributed by atoms with van der Waals surface area (Å²) in [6.45, 7) is 7.54. The highest BCUT2D eigenvalue weighted by atomic mass is 16.6. The molecule has 6 nitrogen and oxygen atoms in total. The number of esters is 2. The Morgan fingerprint density at radius 1 is 1.06 bits per heavy atom. The van der Waals surface area contributed by atoms with Gasteiger partial charge in [0.2, 0.25) is 5.43 Å². The summed E-state index contributed by atoms with van der Waals surface area (Å²) in [5.74, 6) is -0.818. The largest absolute Gasteiger partial charge is 0.462 e. The lowest BCUT2D eigenvalue weighted by molar-refractivity contribution is -0.162. The highest BCUT2D eigenvalue weighted by Gasteiger charge is 2.45. The Bertz CT molecular complexity index is 1020. The maximum atomic E-state index is 13.1. The Hall–Kier alpha value is -2.89. The first kappa shape index (κ1) is 22.8. The van der Waals surface area contributed by atoms with Gasteiger partial charge in [-0.3, -0.25) is 9.59 Å². The van der Waals surface area contributed by atoms with E-state index in [9.17, 15) is 14.4 Å². The molecule has 1 aromatic carbocycles. The van der Waals surface area contributed by atoms with E-state index in [0.29, 0.717) is 11.1 Å². The molecule has 0 amide bonds. The summed E-state index contributed by atoms with van der Waals surface area (Å²) in [5, 5.41) is 0. The first-order valence-corrected chi connectivity index (χ1v) is 10.8. The lowest BCUT2D eigenvalue weighted by atomic mass is 9.78. The molecule has 0 spiro atoms. The van der Waals surface area contributed by atoms with Gasteiger partial charge in [0.15, 0.2) is 0 Å². The zero-order valence-corrected chi connectivity index (χ0v) is 19.0. The molecule has 0 bridgehead atoms. The van der Waals surface area contributed by atoms with E-state index in [-0.39, 0.29) is 23.6 Å². The van der Waals surface area contributed by atoms with Crippen molar-refractivity contribution in [2.24, 2.45) is 7.05 Å². The molecule has 166 valence electrons. The molecular weight excluding hydrogens is 394 g/mol. The molecule has 1 fully saturated rings. The minimum Gasteiger partial charge on any atom is -0.462 e. The van der Waals surface area contributed by atoms with Gasteiger partial charge in [-0.15, -0.1) is 0 Å². The predicted molar refractivity (Wildman–Crippen MR) is 119 cm³/mol. The fraction of sp³-hybridized carbons (Fsp3) is 0.480. The normalized spacial score (nSPS) is 15.5. The van der Waals surface area contributed by atoms with Gasteiger partial charge in [-0.2, -0.15) is 0 Å². The van der Waals surface area contributed by atoms with E-state index >= 15 is 0 Å². The van der Waals surface area contributed by atoms with Gasteiger partial charge in [-0.1, -0.05) is 37.1 Å². The lowest BCUT2D eigenvalue weighted by Crippen LogP contribution is -2.39. The zero-order valence-electron chi connectivity index (χ0n) is 19.0. The van der Waals surface area contributed by atoms with Crippen molar-refractivity contribution in [3.63, 3.8) is 0 Å². The number of benzene rings is 1. The van der Waals surface area contributed by atoms with Crippen LogP contribution in [0.25, 0.3) is 11.1 Å². The topological polar surface area (TPSA) is 74.6 Å². The molecule has 1 aliphatic rings. The first-order valence-electron chi connectivity index (χ1n) is 10.8. The summed E-state index contributed by atoms with van der Waals surface area (Å²) in [4.78, 5) is 38.2. The molecule has 1 heterocycles.